The van der Waals surface area contributed by atoms with Crippen molar-refractivity contribution >= 4 is 7.32 Å². The summed E-state index contributed by atoms with van der Waals surface area (Å²) >= 11 is 0. The minimum Gasteiger partial charge on any atom is -0.398 e. The zero-order chi connectivity index (χ0) is 10.4. The van der Waals surface area contributed by atoms with Gasteiger partial charge in [-0.3, -0.25) is 5.26 Å². The SMILES string of the molecule is N#Cc1cccc(OOB(O)OO)c1. The summed E-state index contributed by atoms with van der Waals surface area (Å²) in [5.74, 6) is 0.208. The number of nitriles is 1. The maximum Gasteiger partial charge on any atom is 0.703 e. The Hall–Kier alpha value is -1.59. The zero-order valence-corrected chi connectivity index (χ0v) is 6.95. The second-order valence-electron chi connectivity index (χ2n) is 2.23. The van der Waals surface area contributed by atoms with Gasteiger partial charge in [0.2, 0.25) is 0 Å². The smallest absolute Gasteiger partial charge is 0.398 e. The van der Waals surface area contributed by atoms with Crippen LogP contribution in [0.5, 0.6) is 5.75 Å². The molecule has 6 nitrogen and oxygen atoms in total. The summed E-state index contributed by atoms with van der Waals surface area (Å²) in [4.78, 5) is 12.0. The third-order valence-corrected chi connectivity index (χ3v) is 1.28. The van der Waals surface area contributed by atoms with E-state index in [9.17, 15) is 0 Å². The van der Waals surface area contributed by atoms with Gasteiger partial charge >= 0.3 is 7.32 Å². The van der Waals surface area contributed by atoms with Crippen LogP contribution >= 0.6 is 0 Å². The van der Waals surface area contributed by atoms with Crippen LogP contribution < -0.4 is 4.89 Å². The molecule has 0 aromatic heterocycles. The van der Waals surface area contributed by atoms with Crippen molar-refractivity contribution in [3.63, 3.8) is 0 Å². The zero-order valence-electron chi connectivity index (χ0n) is 6.95. The molecule has 0 aliphatic carbocycles. The summed E-state index contributed by atoms with van der Waals surface area (Å²) in [6.45, 7) is 0. The molecule has 0 aliphatic heterocycles. The summed E-state index contributed by atoms with van der Waals surface area (Å²) in [7, 11) is -1.89. The van der Waals surface area contributed by atoms with Crippen LogP contribution in [0.4, 0.5) is 0 Å². The van der Waals surface area contributed by atoms with Crippen molar-refractivity contribution in [2.24, 2.45) is 0 Å². The first-order chi connectivity index (χ1) is 6.76. The third-order valence-electron chi connectivity index (χ3n) is 1.28. The number of rotatable bonds is 4. The highest BCUT2D eigenvalue weighted by Gasteiger charge is 2.17. The Morgan fingerprint density at radius 2 is 2.21 bits per heavy atom. The maximum absolute atomic E-state index is 8.56. The van der Waals surface area contributed by atoms with E-state index in [4.69, 9.17) is 15.5 Å². The minimum absolute atomic E-state index is 0.208. The van der Waals surface area contributed by atoms with Crippen LogP contribution in [0.3, 0.4) is 0 Å². The first-order valence-electron chi connectivity index (χ1n) is 3.58. The molecule has 1 rings (SSSR count). The average Bonchev–Trinajstić information content (AvgIpc) is 2.26. The summed E-state index contributed by atoms with van der Waals surface area (Å²) in [5.41, 5.74) is 0.380. The van der Waals surface area contributed by atoms with Gasteiger partial charge in [-0.1, -0.05) is 6.07 Å². The number of benzene rings is 1. The molecule has 0 fully saturated rings. The average molecular weight is 195 g/mol. The third kappa shape index (κ3) is 3.04. The van der Waals surface area contributed by atoms with Crippen molar-refractivity contribution in [2.75, 3.05) is 0 Å². The fourth-order valence-electron chi connectivity index (χ4n) is 0.732. The molecule has 7 heteroatoms. The highest BCUT2D eigenvalue weighted by Crippen LogP contribution is 2.12. The largest absolute Gasteiger partial charge is 0.703 e. The summed E-state index contributed by atoms with van der Waals surface area (Å²) < 4.78 is 0. The van der Waals surface area contributed by atoms with Crippen LogP contribution in [-0.4, -0.2) is 17.6 Å². The van der Waals surface area contributed by atoms with Gasteiger partial charge in [-0.2, -0.15) is 10.1 Å². The highest BCUT2D eigenvalue weighted by atomic mass is 17.3. The van der Waals surface area contributed by atoms with E-state index >= 15 is 0 Å². The topological polar surface area (TPSA) is 91.9 Å². The van der Waals surface area contributed by atoms with E-state index < -0.39 is 7.32 Å². The van der Waals surface area contributed by atoms with Gasteiger partial charge in [-0.15, -0.1) is 0 Å². The minimum atomic E-state index is -1.89. The molecule has 1 aromatic carbocycles. The first-order valence-corrected chi connectivity index (χ1v) is 3.58. The van der Waals surface area contributed by atoms with E-state index in [1.165, 1.54) is 12.1 Å². The molecule has 1 aromatic rings. The summed E-state index contributed by atoms with van der Waals surface area (Å²) in [6.07, 6.45) is 0. The Morgan fingerprint density at radius 1 is 1.43 bits per heavy atom. The van der Waals surface area contributed by atoms with Crippen molar-refractivity contribution in [3.8, 4) is 11.8 Å². The fourth-order valence-corrected chi connectivity index (χ4v) is 0.732. The normalized spacial score (nSPS) is 9.21. The lowest BCUT2D eigenvalue weighted by atomic mass is 10.2. The summed E-state index contributed by atoms with van der Waals surface area (Å²) in [6, 6.07) is 7.94. The molecule has 0 unspecified atom stereocenters. The van der Waals surface area contributed by atoms with Gasteiger partial charge in [0.25, 0.3) is 0 Å². The molecule has 0 saturated heterocycles. The molecule has 0 radical (unpaired) electrons. The van der Waals surface area contributed by atoms with E-state index in [1.54, 1.807) is 12.1 Å². The molecule has 72 valence electrons. The van der Waals surface area contributed by atoms with Crippen LogP contribution in [0.15, 0.2) is 24.3 Å². The van der Waals surface area contributed by atoms with Crippen molar-refractivity contribution in [2.45, 2.75) is 0 Å². The Kier molecular flexibility index (Phi) is 3.91. The van der Waals surface area contributed by atoms with Gasteiger partial charge in [0, 0.05) is 6.07 Å². The number of nitrogens with zero attached hydrogens (tertiary/aromatic N) is 1. The Morgan fingerprint density at radius 3 is 2.86 bits per heavy atom. The van der Waals surface area contributed by atoms with Crippen LogP contribution in [0.1, 0.15) is 5.56 Å². The highest BCUT2D eigenvalue weighted by molar-refractivity contribution is 6.33. The van der Waals surface area contributed by atoms with Gasteiger partial charge < -0.3 is 9.91 Å². The molecule has 0 atom stereocenters. The van der Waals surface area contributed by atoms with Gasteiger partial charge in [0.15, 0.2) is 5.75 Å². The second kappa shape index (κ2) is 5.21. The Labute approximate surface area is 79.9 Å². The second-order valence-corrected chi connectivity index (χ2v) is 2.23. The quantitative estimate of drug-likeness (QED) is 0.408. The molecular formula is C7H6BNO5. The van der Waals surface area contributed by atoms with E-state index in [1.807, 2.05) is 6.07 Å². The van der Waals surface area contributed by atoms with Gasteiger partial charge in [-0.25, -0.2) is 4.81 Å². The van der Waals surface area contributed by atoms with Gasteiger partial charge in [0.05, 0.1) is 11.6 Å². The summed E-state index contributed by atoms with van der Waals surface area (Å²) in [5, 5.41) is 25.0. The standard InChI is InChI=1S/C7H6BNO5/c9-5-6-2-1-3-7(4-6)12-14-8(10)13-11/h1-4,10-11H. The molecule has 0 amide bonds. The van der Waals surface area contributed by atoms with Gasteiger partial charge in [-0.05, 0) is 12.1 Å². The van der Waals surface area contributed by atoms with E-state index in [0.29, 0.717) is 5.56 Å². The van der Waals surface area contributed by atoms with E-state index in [2.05, 4.69) is 14.5 Å². The molecule has 14 heavy (non-hydrogen) atoms. The molecule has 0 heterocycles. The Bertz CT molecular complexity index is 339. The van der Waals surface area contributed by atoms with Crippen molar-refractivity contribution in [3.05, 3.63) is 29.8 Å². The van der Waals surface area contributed by atoms with Crippen LogP contribution in [0.2, 0.25) is 0 Å². The molecule has 0 spiro atoms. The van der Waals surface area contributed by atoms with Crippen molar-refractivity contribution in [1.29, 1.82) is 5.26 Å². The first kappa shape index (κ1) is 10.5. The van der Waals surface area contributed by atoms with Crippen molar-refractivity contribution < 1.29 is 24.8 Å². The molecule has 0 bridgehead atoms. The lowest BCUT2D eigenvalue weighted by molar-refractivity contribution is -0.229. The lowest BCUT2D eigenvalue weighted by Crippen LogP contribution is -2.22. The predicted molar refractivity (Wildman–Crippen MR) is 44.6 cm³/mol. The van der Waals surface area contributed by atoms with Gasteiger partial charge in [0.1, 0.15) is 0 Å². The van der Waals surface area contributed by atoms with E-state index in [-0.39, 0.29) is 5.75 Å². The van der Waals surface area contributed by atoms with Crippen LogP contribution in [-0.2, 0) is 9.61 Å². The monoisotopic (exact) mass is 195 g/mol. The maximum atomic E-state index is 8.56. The predicted octanol–water partition coefficient (Wildman–Crippen LogP) is 0.335. The Balaban J connectivity index is 2.55. The molecular weight excluding hydrogens is 189 g/mol. The number of hydrogen-bond donors (Lipinski definition) is 2. The lowest BCUT2D eigenvalue weighted by Gasteiger charge is -2.04. The molecule has 2 N–H and O–H groups in total. The van der Waals surface area contributed by atoms with E-state index in [0.717, 1.165) is 0 Å². The molecule has 0 saturated carbocycles. The number of hydrogen-bond acceptors (Lipinski definition) is 6. The van der Waals surface area contributed by atoms with Crippen molar-refractivity contribution in [1.82, 2.24) is 0 Å². The van der Waals surface area contributed by atoms with Crippen LogP contribution in [0, 0.1) is 11.3 Å². The molecule has 0 aliphatic rings. The fraction of sp³-hybridized carbons (Fsp3) is 0. The van der Waals surface area contributed by atoms with Crippen LogP contribution in [0.25, 0.3) is 0 Å².